The first-order valence-corrected chi connectivity index (χ1v) is 9.50. The van der Waals surface area contributed by atoms with Gasteiger partial charge in [0, 0.05) is 21.0 Å². The van der Waals surface area contributed by atoms with Crippen LogP contribution in [0.4, 0.5) is 0 Å². The minimum atomic E-state index is 0.284. The third-order valence-corrected chi connectivity index (χ3v) is 5.71. The van der Waals surface area contributed by atoms with Crippen LogP contribution in [0.1, 0.15) is 0 Å². The SMILES string of the molecule is Clc1nc(-c2ccc(-c3ccccc3)cc2)c2c(n1)sc1ccccc12. The maximum absolute atomic E-state index is 6.21. The second-order valence-electron chi connectivity index (χ2n) is 6.06. The fraction of sp³-hybridized carbons (Fsp3) is 0. The van der Waals surface area contributed by atoms with Gasteiger partial charge in [-0.2, -0.15) is 0 Å². The van der Waals surface area contributed by atoms with Crippen molar-refractivity contribution in [2.45, 2.75) is 0 Å². The third kappa shape index (κ3) is 2.57. The lowest BCUT2D eigenvalue weighted by Crippen LogP contribution is -1.89. The molecule has 2 heterocycles. The van der Waals surface area contributed by atoms with E-state index in [1.807, 2.05) is 18.2 Å². The van der Waals surface area contributed by atoms with Crippen LogP contribution >= 0.6 is 22.9 Å². The highest BCUT2D eigenvalue weighted by Gasteiger charge is 2.15. The molecule has 0 saturated carbocycles. The zero-order valence-corrected chi connectivity index (χ0v) is 15.3. The molecule has 0 aliphatic carbocycles. The fourth-order valence-corrected chi connectivity index (χ4v) is 4.55. The standard InChI is InChI=1S/C22H13ClN2S/c23-22-24-20(19-17-8-4-5-9-18(17)26-21(19)25-22)16-12-10-15(11-13-16)14-6-2-1-3-7-14/h1-13H. The largest absolute Gasteiger partial charge is 0.224 e. The Morgan fingerprint density at radius 1 is 0.654 bits per heavy atom. The number of thiophene rings is 1. The molecule has 0 unspecified atom stereocenters. The summed E-state index contributed by atoms with van der Waals surface area (Å²) in [6.45, 7) is 0. The highest BCUT2D eigenvalue weighted by molar-refractivity contribution is 7.25. The number of hydrogen-bond acceptors (Lipinski definition) is 3. The van der Waals surface area contributed by atoms with E-state index in [1.54, 1.807) is 11.3 Å². The molecule has 4 heteroatoms. The average molecular weight is 373 g/mol. The Balaban J connectivity index is 1.71. The van der Waals surface area contributed by atoms with E-state index in [2.05, 4.69) is 70.6 Å². The molecule has 0 radical (unpaired) electrons. The lowest BCUT2D eigenvalue weighted by molar-refractivity contribution is 1.24. The molecule has 0 saturated heterocycles. The molecule has 5 aromatic rings. The molecular formula is C22H13ClN2S. The summed E-state index contributed by atoms with van der Waals surface area (Å²) in [5, 5.41) is 2.53. The molecule has 0 fully saturated rings. The molecule has 3 aromatic carbocycles. The van der Waals surface area contributed by atoms with Crippen LogP contribution in [0.15, 0.2) is 78.9 Å². The smallest absolute Gasteiger partial charge is 0.217 e. The van der Waals surface area contributed by atoms with E-state index in [4.69, 9.17) is 11.6 Å². The topological polar surface area (TPSA) is 25.8 Å². The summed E-state index contributed by atoms with van der Waals surface area (Å²) in [5.74, 6) is 0. The first kappa shape index (κ1) is 15.5. The fourth-order valence-electron chi connectivity index (χ4n) is 3.26. The monoisotopic (exact) mass is 372 g/mol. The van der Waals surface area contributed by atoms with Crippen molar-refractivity contribution in [2.24, 2.45) is 0 Å². The molecule has 0 atom stereocenters. The molecule has 124 valence electrons. The predicted molar refractivity (Wildman–Crippen MR) is 111 cm³/mol. The maximum atomic E-state index is 6.21. The van der Waals surface area contributed by atoms with Crippen molar-refractivity contribution in [3.05, 3.63) is 84.1 Å². The normalized spacial score (nSPS) is 11.3. The van der Waals surface area contributed by atoms with Gasteiger partial charge in [0.2, 0.25) is 5.28 Å². The van der Waals surface area contributed by atoms with E-state index in [1.165, 1.54) is 21.2 Å². The predicted octanol–water partition coefficient (Wildman–Crippen LogP) is 6.83. The molecule has 0 aliphatic heterocycles. The number of hydrogen-bond donors (Lipinski definition) is 0. The van der Waals surface area contributed by atoms with Crippen LogP contribution in [0.25, 0.3) is 42.7 Å². The first-order valence-electron chi connectivity index (χ1n) is 8.30. The zero-order valence-electron chi connectivity index (χ0n) is 13.7. The van der Waals surface area contributed by atoms with Crippen molar-refractivity contribution in [2.75, 3.05) is 0 Å². The Hall–Kier alpha value is -2.75. The molecule has 2 aromatic heterocycles. The van der Waals surface area contributed by atoms with Gasteiger partial charge in [-0.25, -0.2) is 9.97 Å². The number of rotatable bonds is 2. The second kappa shape index (κ2) is 6.20. The van der Waals surface area contributed by atoms with Crippen LogP contribution < -0.4 is 0 Å². The Labute approximate surface area is 159 Å². The number of benzene rings is 3. The molecule has 2 nitrogen and oxygen atoms in total. The van der Waals surface area contributed by atoms with E-state index in [9.17, 15) is 0 Å². The van der Waals surface area contributed by atoms with Crippen molar-refractivity contribution >= 4 is 43.2 Å². The summed E-state index contributed by atoms with van der Waals surface area (Å²) >= 11 is 7.86. The highest BCUT2D eigenvalue weighted by Crippen LogP contribution is 2.38. The Morgan fingerprint density at radius 2 is 1.31 bits per heavy atom. The Morgan fingerprint density at radius 3 is 2.12 bits per heavy atom. The molecule has 5 rings (SSSR count). The van der Waals surface area contributed by atoms with E-state index >= 15 is 0 Å². The number of fused-ring (bicyclic) bond motifs is 3. The molecule has 0 amide bonds. The molecule has 0 aliphatic rings. The number of aromatic nitrogens is 2. The van der Waals surface area contributed by atoms with E-state index in [-0.39, 0.29) is 5.28 Å². The third-order valence-electron chi connectivity index (χ3n) is 4.48. The highest BCUT2D eigenvalue weighted by atomic mass is 35.5. The maximum Gasteiger partial charge on any atom is 0.224 e. The average Bonchev–Trinajstić information content (AvgIpc) is 3.06. The van der Waals surface area contributed by atoms with E-state index in [0.717, 1.165) is 21.5 Å². The summed E-state index contributed by atoms with van der Waals surface area (Å²) in [6.07, 6.45) is 0. The summed E-state index contributed by atoms with van der Waals surface area (Å²) in [4.78, 5) is 9.92. The Bertz CT molecular complexity index is 1230. The lowest BCUT2D eigenvalue weighted by atomic mass is 10.0. The second-order valence-corrected chi connectivity index (χ2v) is 7.43. The van der Waals surface area contributed by atoms with Crippen LogP contribution in [0.3, 0.4) is 0 Å². The number of nitrogens with zero attached hydrogens (tertiary/aromatic N) is 2. The lowest BCUT2D eigenvalue weighted by Gasteiger charge is -2.06. The van der Waals surface area contributed by atoms with Gasteiger partial charge in [0.25, 0.3) is 0 Å². The van der Waals surface area contributed by atoms with Gasteiger partial charge >= 0.3 is 0 Å². The quantitative estimate of drug-likeness (QED) is 0.317. The van der Waals surface area contributed by atoms with Gasteiger partial charge in [-0.05, 0) is 28.8 Å². The summed E-state index contributed by atoms with van der Waals surface area (Å²) in [7, 11) is 0. The van der Waals surface area contributed by atoms with Gasteiger partial charge in [0.1, 0.15) is 4.83 Å². The molecule has 0 spiro atoms. The Kier molecular flexibility index (Phi) is 3.70. The summed E-state index contributed by atoms with van der Waals surface area (Å²) in [6, 6.07) is 27.1. The van der Waals surface area contributed by atoms with E-state index in [0.29, 0.717) is 0 Å². The minimum absolute atomic E-state index is 0.284. The summed E-state index contributed by atoms with van der Waals surface area (Å²) in [5.41, 5.74) is 4.31. The van der Waals surface area contributed by atoms with Crippen molar-refractivity contribution in [1.82, 2.24) is 9.97 Å². The molecule has 0 N–H and O–H groups in total. The van der Waals surface area contributed by atoms with Crippen molar-refractivity contribution in [3.8, 4) is 22.4 Å². The van der Waals surface area contributed by atoms with Gasteiger partial charge < -0.3 is 0 Å². The molecule has 26 heavy (non-hydrogen) atoms. The van der Waals surface area contributed by atoms with Gasteiger partial charge in [0.15, 0.2) is 0 Å². The van der Waals surface area contributed by atoms with Gasteiger partial charge in [0.05, 0.1) is 5.69 Å². The van der Waals surface area contributed by atoms with Crippen LogP contribution in [0.5, 0.6) is 0 Å². The minimum Gasteiger partial charge on any atom is -0.217 e. The van der Waals surface area contributed by atoms with Crippen molar-refractivity contribution in [3.63, 3.8) is 0 Å². The van der Waals surface area contributed by atoms with Crippen LogP contribution in [-0.4, -0.2) is 9.97 Å². The van der Waals surface area contributed by atoms with Gasteiger partial charge in [-0.15, -0.1) is 11.3 Å². The van der Waals surface area contributed by atoms with Crippen LogP contribution in [0.2, 0.25) is 5.28 Å². The molecule has 0 bridgehead atoms. The van der Waals surface area contributed by atoms with Crippen LogP contribution in [0, 0.1) is 0 Å². The first-order chi connectivity index (χ1) is 12.8. The van der Waals surface area contributed by atoms with Gasteiger partial charge in [-0.1, -0.05) is 72.8 Å². The number of halogens is 1. The van der Waals surface area contributed by atoms with E-state index < -0.39 is 0 Å². The van der Waals surface area contributed by atoms with Crippen LogP contribution in [-0.2, 0) is 0 Å². The van der Waals surface area contributed by atoms with Gasteiger partial charge in [-0.3, -0.25) is 0 Å². The van der Waals surface area contributed by atoms with Crippen molar-refractivity contribution in [1.29, 1.82) is 0 Å². The molecular weight excluding hydrogens is 360 g/mol. The zero-order chi connectivity index (χ0) is 17.5. The van der Waals surface area contributed by atoms with Crippen molar-refractivity contribution < 1.29 is 0 Å². The summed E-state index contributed by atoms with van der Waals surface area (Å²) < 4.78 is 1.20.